The first-order chi connectivity index (χ1) is 7.84. The maximum Gasteiger partial charge on any atom is 0.202 e. The minimum absolute atomic E-state index is 0.529. The van der Waals surface area contributed by atoms with E-state index < -0.39 is 0 Å². The molecular formula is C11H14N4O. The number of aromatic nitrogens is 3. The molecule has 2 N–H and O–H groups in total. The van der Waals surface area contributed by atoms with Gasteiger partial charge in [0.25, 0.3) is 0 Å². The maximum absolute atomic E-state index is 5.90. The molecule has 0 aromatic carbocycles. The second-order valence-corrected chi connectivity index (χ2v) is 4.16. The fourth-order valence-electron chi connectivity index (χ4n) is 2.14. The van der Waals surface area contributed by atoms with Gasteiger partial charge in [0.1, 0.15) is 5.52 Å². The monoisotopic (exact) mass is 218 g/mol. The lowest BCUT2D eigenvalue weighted by Gasteiger charge is -2.10. The van der Waals surface area contributed by atoms with Crippen LogP contribution in [0.2, 0.25) is 0 Å². The third-order valence-corrected chi connectivity index (χ3v) is 3.00. The first-order valence-corrected chi connectivity index (χ1v) is 5.49. The molecule has 1 aliphatic rings. The Balaban J connectivity index is 1.98. The first kappa shape index (κ1) is 9.59. The fourth-order valence-corrected chi connectivity index (χ4v) is 2.14. The standard InChI is InChI=1S/C11H14N4O/c12-11-14-9-2-1-4-13-10(9)15(11)6-8-3-5-16-7-8/h1-2,4,8H,3,5-7H2,(H2,12,14). The van der Waals surface area contributed by atoms with Crippen molar-refractivity contribution in [3.05, 3.63) is 18.3 Å². The predicted molar refractivity (Wildman–Crippen MR) is 60.9 cm³/mol. The van der Waals surface area contributed by atoms with Gasteiger partial charge >= 0.3 is 0 Å². The van der Waals surface area contributed by atoms with Crippen LogP contribution < -0.4 is 5.73 Å². The van der Waals surface area contributed by atoms with Crippen LogP contribution in [-0.2, 0) is 11.3 Å². The minimum Gasteiger partial charge on any atom is -0.381 e. The van der Waals surface area contributed by atoms with E-state index in [9.17, 15) is 0 Å². The van der Waals surface area contributed by atoms with Crippen LogP contribution in [0.1, 0.15) is 6.42 Å². The lowest BCUT2D eigenvalue weighted by atomic mass is 10.1. The second kappa shape index (κ2) is 3.75. The summed E-state index contributed by atoms with van der Waals surface area (Å²) in [7, 11) is 0. The molecule has 2 aromatic heterocycles. The number of ether oxygens (including phenoxy) is 1. The highest BCUT2D eigenvalue weighted by Crippen LogP contribution is 2.20. The van der Waals surface area contributed by atoms with Crippen molar-refractivity contribution >= 4 is 17.1 Å². The smallest absolute Gasteiger partial charge is 0.202 e. The van der Waals surface area contributed by atoms with Gasteiger partial charge in [-0.3, -0.25) is 4.57 Å². The summed E-state index contributed by atoms with van der Waals surface area (Å²) in [5, 5.41) is 0. The molecule has 3 rings (SSSR count). The van der Waals surface area contributed by atoms with E-state index in [1.807, 2.05) is 16.7 Å². The summed E-state index contributed by atoms with van der Waals surface area (Å²) in [5.74, 6) is 1.07. The molecular weight excluding hydrogens is 204 g/mol. The first-order valence-electron chi connectivity index (χ1n) is 5.49. The number of rotatable bonds is 2. The van der Waals surface area contributed by atoms with Gasteiger partial charge in [0.2, 0.25) is 5.95 Å². The van der Waals surface area contributed by atoms with Crippen molar-refractivity contribution in [1.82, 2.24) is 14.5 Å². The van der Waals surface area contributed by atoms with Crippen molar-refractivity contribution < 1.29 is 4.74 Å². The zero-order valence-corrected chi connectivity index (χ0v) is 8.97. The average molecular weight is 218 g/mol. The normalized spacial score (nSPS) is 20.6. The van der Waals surface area contributed by atoms with E-state index in [1.165, 1.54) is 0 Å². The number of pyridine rings is 1. The number of imidazole rings is 1. The quantitative estimate of drug-likeness (QED) is 0.818. The average Bonchev–Trinajstić information content (AvgIpc) is 2.89. The van der Waals surface area contributed by atoms with Gasteiger partial charge in [0.15, 0.2) is 5.65 Å². The van der Waals surface area contributed by atoms with E-state index in [0.29, 0.717) is 11.9 Å². The molecule has 0 radical (unpaired) electrons. The van der Waals surface area contributed by atoms with Crippen LogP contribution in [0.4, 0.5) is 5.95 Å². The van der Waals surface area contributed by atoms with Gasteiger partial charge in [-0.15, -0.1) is 0 Å². The Hall–Kier alpha value is -1.62. The van der Waals surface area contributed by atoms with Crippen molar-refractivity contribution in [3.8, 4) is 0 Å². The van der Waals surface area contributed by atoms with Crippen molar-refractivity contribution in [2.45, 2.75) is 13.0 Å². The molecule has 84 valence electrons. The number of anilines is 1. The van der Waals surface area contributed by atoms with Crippen molar-refractivity contribution in [2.75, 3.05) is 18.9 Å². The third kappa shape index (κ3) is 1.53. The summed E-state index contributed by atoms with van der Waals surface area (Å²) in [6.07, 6.45) is 2.86. The second-order valence-electron chi connectivity index (χ2n) is 4.16. The van der Waals surface area contributed by atoms with Gasteiger partial charge in [0.05, 0.1) is 6.61 Å². The summed E-state index contributed by atoms with van der Waals surface area (Å²) in [5.41, 5.74) is 7.63. The minimum atomic E-state index is 0.529. The SMILES string of the molecule is Nc1nc2cccnc2n1CC1CCOC1. The third-order valence-electron chi connectivity index (χ3n) is 3.00. The number of nitrogen functional groups attached to an aromatic ring is 1. The molecule has 1 unspecified atom stereocenters. The zero-order valence-electron chi connectivity index (χ0n) is 8.97. The summed E-state index contributed by atoms with van der Waals surface area (Å²) < 4.78 is 7.34. The summed E-state index contributed by atoms with van der Waals surface area (Å²) >= 11 is 0. The van der Waals surface area contributed by atoms with E-state index in [-0.39, 0.29) is 0 Å². The van der Waals surface area contributed by atoms with E-state index in [4.69, 9.17) is 10.5 Å². The molecule has 3 heterocycles. The van der Waals surface area contributed by atoms with Gasteiger partial charge < -0.3 is 10.5 Å². The highest BCUT2D eigenvalue weighted by molar-refractivity contribution is 5.73. The molecule has 5 heteroatoms. The van der Waals surface area contributed by atoms with Crippen molar-refractivity contribution in [3.63, 3.8) is 0 Å². The Morgan fingerprint density at radius 3 is 3.31 bits per heavy atom. The molecule has 0 saturated carbocycles. The summed E-state index contributed by atoms with van der Waals surface area (Å²) in [4.78, 5) is 8.62. The molecule has 5 nitrogen and oxygen atoms in total. The van der Waals surface area contributed by atoms with Crippen LogP contribution in [0.15, 0.2) is 18.3 Å². The fraction of sp³-hybridized carbons (Fsp3) is 0.455. The van der Waals surface area contributed by atoms with Crippen LogP contribution in [0.3, 0.4) is 0 Å². The van der Waals surface area contributed by atoms with Gasteiger partial charge in [-0.1, -0.05) is 0 Å². The van der Waals surface area contributed by atoms with Crippen LogP contribution in [-0.4, -0.2) is 27.7 Å². The largest absolute Gasteiger partial charge is 0.381 e. The van der Waals surface area contributed by atoms with E-state index in [0.717, 1.165) is 37.3 Å². The van der Waals surface area contributed by atoms with E-state index >= 15 is 0 Å². The molecule has 1 atom stereocenters. The Morgan fingerprint density at radius 2 is 2.50 bits per heavy atom. The molecule has 1 saturated heterocycles. The Kier molecular flexibility index (Phi) is 2.25. The molecule has 0 amide bonds. The van der Waals surface area contributed by atoms with Crippen LogP contribution in [0.25, 0.3) is 11.2 Å². The molecule has 1 fully saturated rings. The van der Waals surface area contributed by atoms with Crippen LogP contribution in [0.5, 0.6) is 0 Å². The number of nitrogens with zero attached hydrogens (tertiary/aromatic N) is 3. The highest BCUT2D eigenvalue weighted by Gasteiger charge is 2.19. The molecule has 0 aliphatic carbocycles. The van der Waals surface area contributed by atoms with Crippen molar-refractivity contribution in [2.24, 2.45) is 5.92 Å². The van der Waals surface area contributed by atoms with Gasteiger partial charge in [-0.05, 0) is 18.6 Å². The maximum atomic E-state index is 5.90. The van der Waals surface area contributed by atoms with Gasteiger partial charge in [0, 0.05) is 25.3 Å². The lowest BCUT2D eigenvalue weighted by Crippen LogP contribution is -2.13. The predicted octanol–water partition coefficient (Wildman–Crippen LogP) is 1.05. The molecule has 2 aromatic rings. The summed E-state index contributed by atoms with van der Waals surface area (Å²) in [6, 6.07) is 3.80. The molecule has 0 spiro atoms. The van der Waals surface area contributed by atoms with E-state index in [1.54, 1.807) is 6.20 Å². The number of fused-ring (bicyclic) bond motifs is 1. The van der Waals surface area contributed by atoms with Crippen LogP contribution in [0, 0.1) is 5.92 Å². The van der Waals surface area contributed by atoms with Gasteiger partial charge in [-0.2, -0.15) is 0 Å². The summed E-state index contributed by atoms with van der Waals surface area (Å²) in [6.45, 7) is 2.51. The van der Waals surface area contributed by atoms with Crippen molar-refractivity contribution in [1.29, 1.82) is 0 Å². The Bertz CT molecular complexity index is 502. The van der Waals surface area contributed by atoms with Gasteiger partial charge in [-0.25, -0.2) is 9.97 Å². The topological polar surface area (TPSA) is 66.0 Å². The number of hydrogen-bond donors (Lipinski definition) is 1. The zero-order chi connectivity index (χ0) is 11.0. The number of hydrogen-bond acceptors (Lipinski definition) is 4. The highest BCUT2D eigenvalue weighted by atomic mass is 16.5. The van der Waals surface area contributed by atoms with Crippen LogP contribution >= 0.6 is 0 Å². The van der Waals surface area contributed by atoms with E-state index in [2.05, 4.69) is 9.97 Å². The molecule has 1 aliphatic heterocycles. The molecule has 0 bridgehead atoms. The Morgan fingerprint density at radius 1 is 1.56 bits per heavy atom. The molecule has 16 heavy (non-hydrogen) atoms. The Labute approximate surface area is 93.2 Å². The lowest BCUT2D eigenvalue weighted by molar-refractivity contribution is 0.183. The number of nitrogens with two attached hydrogens (primary N) is 1.